The van der Waals surface area contributed by atoms with E-state index in [1.807, 2.05) is 55.5 Å². The Balaban J connectivity index is 1.55. The lowest BCUT2D eigenvalue weighted by atomic mass is 9.94. The van der Waals surface area contributed by atoms with Crippen LogP contribution in [-0.4, -0.2) is 28.7 Å². The molecule has 4 aromatic rings. The van der Waals surface area contributed by atoms with Crippen LogP contribution in [0.2, 0.25) is 5.02 Å². The van der Waals surface area contributed by atoms with E-state index in [1.165, 1.54) is 6.20 Å². The third-order valence-electron chi connectivity index (χ3n) is 6.31. The first-order valence-corrected chi connectivity index (χ1v) is 12.4. The van der Waals surface area contributed by atoms with Gasteiger partial charge in [-0.25, -0.2) is 4.68 Å². The molecule has 0 radical (unpaired) electrons. The van der Waals surface area contributed by atoms with Crippen molar-refractivity contribution in [2.75, 3.05) is 23.1 Å². The highest BCUT2D eigenvalue weighted by Crippen LogP contribution is 2.39. The number of hydrogen-bond acceptors (Lipinski definition) is 5. The van der Waals surface area contributed by atoms with E-state index in [-0.39, 0.29) is 11.8 Å². The van der Waals surface area contributed by atoms with Crippen molar-refractivity contribution in [3.63, 3.8) is 0 Å². The summed E-state index contributed by atoms with van der Waals surface area (Å²) in [4.78, 5) is 27.0. The second kappa shape index (κ2) is 10.4. The maximum atomic E-state index is 13.7. The molecule has 1 aliphatic rings. The Hall–Kier alpha value is -4.56. The maximum Gasteiger partial charge on any atom is 0.261 e. The van der Waals surface area contributed by atoms with Crippen molar-refractivity contribution < 1.29 is 14.3 Å². The summed E-state index contributed by atoms with van der Waals surface area (Å²) in [6, 6.07) is 21.4. The number of anilines is 3. The summed E-state index contributed by atoms with van der Waals surface area (Å²) in [6.07, 6.45) is 1.50. The molecule has 38 heavy (non-hydrogen) atoms. The molecule has 3 aromatic carbocycles. The Morgan fingerprint density at radius 2 is 1.76 bits per heavy atom. The molecule has 0 aliphatic carbocycles. The standard InChI is InChI=1S/C29H26ClN5O3/c1-17-8-6-11-21(14-17)33-28(36)22-16-31-35-26(19-9-7-10-20(30)15-19)25(18(2)32-27(22)35)29(37)34-23-12-4-5-13-24(23)38-3/h4-16,26,32H,1-3H3,(H,33,36)(H,34,37)/t26-/m1/s1. The van der Waals surface area contributed by atoms with Gasteiger partial charge in [0.05, 0.1) is 24.6 Å². The van der Waals surface area contributed by atoms with Gasteiger partial charge in [-0.05, 0) is 61.4 Å². The molecule has 1 aromatic heterocycles. The normalized spacial score (nSPS) is 14.4. The van der Waals surface area contributed by atoms with Gasteiger partial charge in [0.1, 0.15) is 23.2 Å². The third-order valence-corrected chi connectivity index (χ3v) is 6.54. The van der Waals surface area contributed by atoms with E-state index in [4.69, 9.17) is 16.3 Å². The number of para-hydroxylation sites is 2. The quantitative estimate of drug-likeness (QED) is 0.284. The number of aromatic nitrogens is 2. The van der Waals surface area contributed by atoms with Crippen LogP contribution >= 0.6 is 11.6 Å². The number of fused-ring (bicyclic) bond motifs is 1. The fourth-order valence-corrected chi connectivity index (χ4v) is 4.76. The predicted molar refractivity (Wildman–Crippen MR) is 149 cm³/mol. The summed E-state index contributed by atoms with van der Waals surface area (Å²) in [5.74, 6) is 0.365. The molecule has 0 saturated heterocycles. The smallest absolute Gasteiger partial charge is 0.261 e. The minimum atomic E-state index is -0.639. The van der Waals surface area contributed by atoms with Crippen LogP contribution in [0.1, 0.15) is 34.5 Å². The summed E-state index contributed by atoms with van der Waals surface area (Å²) in [6.45, 7) is 3.76. The Kier molecular flexibility index (Phi) is 6.89. The second-order valence-electron chi connectivity index (χ2n) is 8.95. The van der Waals surface area contributed by atoms with Gasteiger partial charge in [0.25, 0.3) is 11.8 Å². The van der Waals surface area contributed by atoms with Crippen LogP contribution in [0.3, 0.4) is 0 Å². The van der Waals surface area contributed by atoms with Crippen molar-refractivity contribution in [1.29, 1.82) is 0 Å². The van der Waals surface area contributed by atoms with Crippen LogP contribution in [0.5, 0.6) is 5.75 Å². The topological polar surface area (TPSA) is 97.3 Å². The molecule has 9 heteroatoms. The molecule has 0 unspecified atom stereocenters. The van der Waals surface area contributed by atoms with Crippen LogP contribution in [-0.2, 0) is 4.79 Å². The van der Waals surface area contributed by atoms with Crippen molar-refractivity contribution in [2.45, 2.75) is 19.9 Å². The van der Waals surface area contributed by atoms with E-state index < -0.39 is 6.04 Å². The minimum absolute atomic E-state index is 0.316. The van der Waals surface area contributed by atoms with E-state index in [0.717, 1.165) is 11.1 Å². The van der Waals surface area contributed by atoms with Gasteiger partial charge in [-0.3, -0.25) is 9.59 Å². The number of allylic oxidation sites excluding steroid dienone is 1. The molecule has 0 bridgehead atoms. The van der Waals surface area contributed by atoms with Crippen LogP contribution in [0, 0.1) is 6.92 Å². The highest BCUT2D eigenvalue weighted by Gasteiger charge is 2.35. The van der Waals surface area contributed by atoms with Crippen LogP contribution in [0.4, 0.5) is 17.2 Å². The molecule has 0 fully saturated rings. The minimum Gasteiger partial charge on any atom is -0.495 e. The molecule has 2 heterocycles. The number of carbonyl (C=O) groups excluding carboxylic acids is 2. The predicted octanol–water partition coefficient (Wildman–Crippen LogP) is 6.03. The Morgan fingerprint density at radius 1 is 0.974 bits per heavy atom. The monoisotopic (exact) mass is 527 g/mol. The van der Waals surface area contributed by atoms with E-state index in [2.05, 4.69) is 21.0 Å². The summed E-state index contributed by atoms with van der Waals surface area (Å²) in [5, 5.41) is 14.2. The van der Waals surface area contributed by atoms with E-state index >= 15 is 0 Å². The van der Waals surface area contributed by atoms with Crippen molar-refractivity contribution in [1.82, 2.24) is 9.78 Å². The van der Waals surface area contributed by atoms with Crippen LogP contribution in [0.15, 0.2) is 90.3 Å². The second-order valence-corrected chi connectivity index (χ2v) is 9.39. The number of amides is 2. The van der Waals surface area contributed by atoms with Crippen molar-refractivity contribution >= 4 is 40.6 Å². The SMILES string of the molecule is COc1ccccc1NC(=O)C1=C(C)Nc2c(C(=O)Nc3cccc(C)c3)cnn2[C@@H]1c1cccc(Cl)c1. The van der Waals surface area contributed by atoms with Crippen molar-refractivity contribution in [3.8, 4) is 5.75 Å². The average Bonchev–Trinajstić information content (AvgIpc) is 3.31. The summed E-state index contributed by atoms with van der Waals surface area (Å²) < 4.78 is 7.04. The number of nitrogens with one attached hydrogen (secondary N) is 3. The molecule has 1 atom stereocenters. The van der Waals surface area contributed by atoms with Gasteiger partial charge in [-0.1, -0.05) is 48.0 Å². The van der Waals surface area contributed by atoms with E-state index in [9.17, 15) is 9.59 Å². The number of ether oxygens (including phenoxy) is 1. The number of hydrogen-bond donors (Lipinski definition) is 3. The zero-order chi connectivity index (χ0) is 26.8. The van der Waals surface area contributed by atoms with Crippen molar-refractivity contribution in [2.24, 2.45) is 0 Å². The van der Waals surface area contributed by atoms with Gasteiger partial charge in [0.2, 0.25) is 0 Å². The van der Waals surface area contributed by atoms with Crippen LogP contribution in [0.25, 0.3) is 0 Å². The molecule has 0 spiro atoms. The van der Waals surface area contributed by atoms with Gasteiger partial charge >= 0.3 is 0 Å². The molecule has 5 rings (SSSR count). The van der Waals surface area contributed by atoms with Gasteiger partial charge in [-0.2, -0.15) is 5.10 Å². The first-order chi connectivity index (χ1) is 18.4. The molecular weight excluding hydrogens is 502 g/mol. The lowest BCUT2D eigenvalue weighted by molar-refractivity contribution is -0.113. The first kappa shape index (κ1) is 25.1. The van der Waals surface area contributed by atoms with Gasteiger partial charge < -0.3 is 20.7 Å². The number of methoxy groups -OCH3 is 1. The molecule has 0 saturated carbocycles. The number of aryl methyl sites for hydroxylation is 1. The maximum absolute atomic E-state index is 13.7. The zero-order valence-corrected chi connectivity index (χ0v) is 21.8. The molecular formula is C29H26ClN5O3. The van der Waals surface area contributed by atoms with Gasteiger partial charge in [0, 0.05) is 16.4 Å². The molecule has 1 aliphatic heterocycles. The Morgan fingerprint density at radius 3 is 2.53 bits per heavy atom. The van der Waals surface area contributed by atoms with Crippen molar-refractivity contribution in [3.05, 3.63) is 112 Å². The summed E-state index contributed by atoms with van der Waals surface area (Å²) >= 11 is 6.34. The lowest BCUT2D eigenvalue weighted by Gasteiger charge is -2.30. The third kappa shape index (κ3) is 4.86. The number of halogens is 1. The number of rotatable bonds is 6. The van der Waals surface area contributed by atoms with E-state index in [0.29, 0.717) is 44.8 Å². The lowest BCUT2D eigenvalue weighted by Crippen LogP contribution is -2.32. The van der Waals surface area contributed by atoms with Crippen LogP contribution < -0.4 is 20.7 Å². The highest BCUT2D eigenvalue weighted by molar-refractivity contribution is 6.30. The highest BCUT2D eigenvalue weighted by atomic mass is 35.5. The molecule has 8 nitrogen and oxygen atoms in total. The zero-order valence-electron chi connectivity index (χ0n) is 21.1. The Bertz CT molecular complexity index is 1580. The number of carbonyl (C=O) groups is 2. The first-order valence-electron chi connectivity index (χ1n) is 12.0. The summed E-state index contributed by atoms with van der Waals surface area (Å²) in [5.41, 5.74) is 4.36. The fourth-order valence-electron chi connectivity index (χ4n) is 4.56. The number of benzene rings is 3. The summed E-state index contributed by atoms with van der Waals surface area (Å²) in [7, 11) is 1.55. The average molecular weight is 528 g/mol. The molecule has 192 valence electrons. The fraction of sp³-hybridized carbons (Fsp3) is 0.138. The molecule has 3 N–H and O–H groups in total. The number of nitrogens with zero attached hydrogens (tertiary/aromatic N) is 2. The Labute approximate surface area is 225 Å². The molecule has 2 amide bonds. The van der Waals surface area contributed by atoms with E-state index in [1.54, 1.807) is 43.0 Å². The van der Waals surface area contributed by atoms with Gasteiger partial charge in [-0.15, -0.1) is 0 Å². The largest absolute Gasteiger partial charge is 0.495 e. The van der Waals surface area contributed by atoms with Gasteiger partial charge in [0.15, 0.2) is 0 Å².